The van der Waals surface area contributed by atoms with E-state index in [9.17, 15) is 18.6 Å². The monoisotopic (exact) mass is 320 g/mol. The average molecular weight is 321 g/mol. The van der Waals surface area contributed by atoms with E-state index >= 15 is 0 Å². The predicted octanol–water partition coefficient (Wildman–Crippen LogP) is 1.78. The van der Waals surface area contributed by atoms with E-state index in [0.29, 0.717) is 17.0 Å². The zero-order chi connectivity index (χ0) is 15.2. The van der Waals surface area contributed by atoms with Crippen molar-refractivity contribution in [1.29, 1.82) is 0 Å². The van der Waals surface area contributed by atoms with Crippen molar-refractivity contribution >= 4 is 21.4 Å². The molecule has 1 rings (SSSR count). The summed E-state index contributed by atoms with van der Waals surface area (Å²) in [7, 11) is -3.15. The number of halogens is 1. The van der Waals surface area contributed by atoms with Gasteiger partial charge in [-0.2, -0.15) is 0 Å². The molecule has 0 aliphatic rings. The van der Waals surface area contributed by atoms with Gasteiger partial charge in [0.2, 0.25) is 0 Å². The van der Waals surface area contributed by atoms with E-state index in [1.807, 2.05) is 6.92 Å². The van der Waals surface area contributed by atoms with E-state index in [1.165, 1.54) is 0 Å². The number of rotatable bonds is 8. The van der Waals surface area contributed by atoms with E-state index in [2.05, 4.69) is 0 Å². The van der Waals surface area contributed by atoms with Gasteiger partial charge in [0.1, 0.15) is 9.84 Å². The standard InChI is InChI=1S/C14H21ClO4S/c1-2-8-20(18,19)9-7-14(10-16,11-17)12-3-5-13(15)6-4-12/h3-6,16-17H,2,7-11H2,1H3. The summed E-state index contributed by atoms with van der Waals surface area (Å²) >= 11 is 5.82. The second kappa shape index (κ2) is 7.41. The van der Waals surface area contributed by atoms with Crippen molar-refractivity contribution in [1.82, 2.24) is 0 Å². The van der Waals surface area contributed by atoms with Crippen molar-refractivity contribution in [3.8, 4) is 0 Å². The lowest BCUT2D eigenvalue weighted by Crippen LogP contribution is -2.37. The molecule has 0 unspecified atom stereocenters. The summed E-state index contributed by atoms with van der Waals surface area (Å²) in [5.41, 5.74) is -0.260. The number of benzene rings is 1. The summed E-state index contributed by atoms with van der Waals surface area (Å²) in [6.07, 6.45) is 0.749. The molecule has 0 atom stereocenters. The Morgan fingerprint density at radius 1 is 1.10 bits per heavy atom. The molecule has 1 aromatic rings. The Morgan fingerprint density at radius 2 is 1.65 bits per heavy atom. The molecule has 2 N–H and O–H groups in total. The summed E-state index contributed by atoms with van der Waals surface area (Å²) in [5, 5.41) is 19.8. The molecule has 6 heteroatoms. The lowest BCUT2D eigenvalue weighted by atomic mass is 9.79. The predicted molar refractivity (Wildman–Crippen MR) is 80.9 cm³/mol. The van der Waals surface area contributed by atoms with Crippen LogP contribution in [0.3, 0.4) is 0 Å². The normalized spacial score (nSPS) is 12.6. The minimum Gasteiger partial charge on any atom is -0.395 e. The lowest BCUT2D eigenvalue weighted by Gasteiger charge is -2.30. The largest absolute Gasteiger partial charge is 0.395 e. The molecule has 0 heterocycles. The smallest absolute Gasteiger partial charge is 0.150 e. The van der Waals surface area contributed by atoms with Gasteiger partial charge < -0.3 is 10.2 Å². The van der Waals surface area contributed by atoms with Gasteiger partial charge in [0, 0.05) is 16.2 Å². The summed E-state index contributed by atoms with van der Waals surface area (Å²) in [6.45, 7) is 1.18. The molecule has 0 amide bonds. The van der Waals surface area contributed by atoms with E-state index < -0.39 is 15.3 Å². The summed E-state index contributed by atoms with van der Waals surface area (Å²) in [4.78, 5) is 0. The molecule has 1 aromatic carbocycles. The molecular formula is C14H21ClO4S. The number of sulfone groups is 1. The topological polar surface area (TPSA) is 74.6 Å². The van der Waals surface area contributed by atoms with Crippen LogP contribution in [0.15, 0.2) is 24.3 Å². The number of aliphatic hydroxyl groups is 2. The van der Waals surface area contributed by atoms with Crippen molar-refractivity contribution in [3.63, 3.8) is 0 Å². The molecule has 0 radical (unpaired) electrons. The van der Waals surface area contributed by atoms with Gasteiger partial charge in [-0.15, -0.1) is 0 Å². The molecule has 4 nitrogen and oxygen atoms in total. The molecule has 0 fully saturated rings. The second-order valence-electron chi connectivity index (χ2n) is 5.01. The minimum atomic E-state index is -3.15. The Labute approximate surface area is 125 Å². The van der Waals surface area contributed by atoms with Gasteiger partial charge in [-0.05, 0) is 30.5 Å². The van der Waals surface area contributed by atoms with Gasteiger partial charge in [-0.1, -0.05) is 30.7 Å². The van der Waals surface area contributed by atoms with Crippen LogP contribution in [0.4, 0.5) is 0 Å². The molecular weight excluding hydrogens is 300 g/mol. The van der Waals surface area contributed by atoms with Gasteiger partial charge in [-0.3, -0.25) is 0 Å². The highest BCUT2D eigenvalue weighted by molar-refractivity contribution is 7.91. The van der Waals surface area contributed by atoms with Crippen molar-refractivity contribution in [3.05, 3.63) is 34.9 Å². The fourth-order valence-electron chi connectivity index (χ4n) is 2.10. The van der Waals surface area contributed by atoms with Crippen LogP contribution in [0.1, 0.15) is 25.3 Å². The van der Waals surface area contributed by atoms with E-state index in [4.69, 9.17) is 11.6 Å². The SMILES string of the molecule is CCCS(=O)(=O)CCC(CO)(CO)c1ccc(Cl)cc1. The third-order valence-electron chi connectivity index (χ3n) is 3.47. The summed E-state index contributed by atoms with van der Waals surface area (Å²) < 4.78 is 23.6. The van der Waals surface area contributed by atoms with Crippen LogP contribution in [0.5, 0.6) is 0 Å². The van der Waals surface area contributed by atoms with Crippen LogP contribution in [0.2, 0.25) is 5.02 Å². The number of aliphatic hydroxyl groups excluding tert-OH is 2. The first-order chi connectivity index (χ1) is 9.39. The lowest BCUT2D eigenvalue weighted by molar-refractivity contribution is 0.114. The maximum Gasteiger partial charge on any atom is 0.150 e. The van der Waals surface area contributed by atoms with Gasteiger partial charge >= 0.3 is 0 Å². The molecule has 0 aliphatic heterocycles. The molecule has 0 saturated heterocycles. The molecule has 0 saturated carbocycles. The Bertz CT molecular complexity index is 506. The van der Waals surface area contributed by atoms with E-state index in [0.717, 1.165) is 0 Å². The van der Waals surface area contributed by atoms with Crippen molar-refractivity contribution in [2.45, 2.75) is 25.2 Å². The highest BCUT2D eigenvalue weighted by atomic mass is 35.5. The fourth-order valence-corrected chi connectivity index (χ4v) is 3.76. The molecule has 0 bridgehead atoms. The zero-order valence-electron chi connectivity index (χ0n) is 11.5. The molecule has 20 heavy (non-hydrogen) atoms. The number of hydrogen-bond acceptors (Lipinski definition) is 4. The van der Waals surface area contributed by atoms with E-state index in [1.54, 1.807) is 24.3 Å². The maximum absolute atomic E-state index is 11.8. The highest BCUT2D eigenvalue weighted by Gasteiger charge is 2.32. The molecule has 114 valence electrons. The van der Waals surface area contributed by atoms with Crippen molar-refractivity contribution in [2.75, 3.05) is 24.7 Å². The van der Waals surface area contributed by atoms with Crippen molar-refractivity contribution in [2.24, 2.45) is 0 Å². The third-order valence-corrected chi connectivity index (χ3v) is 5.58. The molecule has 0 spiro atoms. The second-order valence-corrected chi connectivity index (χ2v) is 7.75. The van der Waals surface area contributed by atoms with Crippen LogP contribution in [0, 0.1) is 0 Å². The van der Waals surface area contributed by atoms with Gasteiger partial charge in [-0.25, -0.2) is 8.42 Å². The maximum atomic E-state index is 11.8. The van der Waals surface area contributed by atoms with Crippen LogP contribution in [-0.4, -0.2) is 43.4 Å². The Hall–Kier alpha value is -0.620. The Kier molecular flexibility index (Phi) is 6.45. The van der Waals surface area contributed by atoms with Crippen LogP contribution in [-0.2, 0) is 15.3 Å². The minimum absolute atomic E-state index is 0.0510. The van der Waals surface area contributed by atoms with Crippen LogP contribution < -0.4 is 0 Å². The summed E-state index contributed by atoms with van der Waals surface area (Å²) in [6, 6.07) is 6.75. The quantitative estimate of drug-likeness (QED) is 0.765. The van der Waals surface area contributed by atoms with Crippen LogP contribution >= 0.6 is 11.6 Å². The van der Waals surface area contributed by atoms with Crippen molar-refractivity contribution < 1.29 is 18.6 Å². The van der Waals surface area contributed by atoms with Gasteiger partial charge in [0.05, 0.1) is 19.0 Å². The first-order valence-electron chi connectivity index (χ1n) is 6.57. The Balaban J connectivity index is 2.95. The molecule has 0 aliphatic carbocycles. The highest BCUT2D eigenvalue weighted by Crippen LogP contribution is 2.29. The number of hydrogen-bond donors (Lipinski definition) is 2. The van der Waals surface area contributed by atoms with Gasteiger partial charge in [0.25, 0.3) is 0 Å². The van der Waals surface area contributed by atoms with Gasteiger partial charge in [0.15, 0.2) is 0 Å². The fraction of sp³-hybridized carbons (Fsp3) is 0.571. The molecule has 0 aromatic heterocycles. The van der Waals surface area contributed by atoms with E-state index in [-0.39, 0.29) is 31.1 Å². The van der Waals surface area contributed by atoms with Crippen LogP contribution in [0.25, 0.3) is 0 Å². The Morgan fingerprint density at radius 3 is 2.10 bits per heavy atom. The zero-order valence-corrected chi connectivity index (χ0v) is 13.1. The first kappa shape index (κ1) is 17.4. The first-order valence-corrected chi connectivity index (χ1v) is 8.77. The third kappa shape index (κ3) is 4.45. The average Bonchev–Trinajstić information content (AvgIpc) is 2.42. The summed E-state index contributed by atoms with van der Waals surface area (Å²) in [5.74, 6) is 0.0745.